The maximum Gasteiger partial charge on any atom is 0.171 e. The first-order valence-electron chi connectivity index (χ1n) is 5.62. The van der Waals surface area contributed by atoms with Crippen molar-refractivity contribution in [1.82, 2.24) is 4.98 Å². The summed E-state index contributed by atoms with van der Waals surface area (Å²) in [7, 11) is 0. The minimum atomic E-state index is -0.0445. The fraction of sp³-hybridized carbons (Fsp3) is 0.0769. The third-order valence-corrected chi connectivity index (χ3v) is 4.46. The average Bonchev–Trinajstić information content (AvgIpc) is 2.47. The third kappa shape index (κ3) is 3.36. The Balaban J connectivity index is 2.21. The summed E-state index contributed by atoms with van der Waals surface area (Å²) in [4.78, 5) is 4.20. The third-order valence-electron chi connectivity index (χ3n) is 2.56. The molecule has 2 aromatic rings. The summed E-state index contributed by atoms with van der Waals surface area (Å²) in [5, 5.41) is 13.3. The number of halogens is 2. The quantitative estimate of drug-likeness (QED) is 0.295. The van der Waals surface area contributed by atoms with Gasteiger partial charge in [-0.05, 0) is 17.7 Å². The topological polar surface area (TPSA) is 71.5 Å². The fourth-order valence-electron chi connectivity index (χ4n) is 1.54. The smallest absolute Gasteiger partial charge is 0.171 e. The molecular formula is C13H11Cl2N3OS. The number of aromatic nitrogens is 1. The maximum atomic E-state index is 8.71. The van der Waals surface area contributed by atoms with Crippen molar-refractivity contribution in [2.24, 2.45) is 10.9 Å². The van der Waals surface area contributed by atoms with Crippen LogP contribution in [-0.2, 0) is 5.75 Å². The average molecular weight is 328 g/mol. The van der Waals surface area contributed by atoms with E-state index in [-0.39, 0.29) is 5.84 Å². The summed E-state index contributed by atoms with van der Waals surface area (Å²) < 4.78 is 0. The van der Waals surface area contributed by atoms with Crippen LogP contribution < -0.4 is 5.73 Å². The normalized spacial score (nSPS) is 11.6. The molecule has 0 amide bonds. The van der Waals surface area contributed by atoms with Crippen LogP contribution in [0, 0.1) is 0 Å². The van der Waals surface area contributed by atoms with Crippen molar-refractivity contribution in [3.63, 3.8) is 0 Å². The molecule has 0 spiro atoms. The Kier molecular flexibility index (Phi) is 5.11. The van der Waals surface area contributed by atoms with Gasteiger partial charge >= 0.3 is 0 Å². The Morgan fingerprint density at radius 2 is 2.05 bits per heavy atom. The van der Waals surface area contributed by atoms with Gasteiger partial charge in [0.1, 0.15) is 5.03 Å². The first-order valence-corrected chi connectivity index (χ1v) is 7.36. The van der Waals surface area contributed by atoms with Crippen molar-refractivity contribution in [2.45, 2.75) is 10.8 Å². The number of benzene rings is 1. The predicted molar refractivity (Wildman–Crippen MR) is 82.8 cm³/mol. The Bertz CT molecular complexity index is 649. The molecule has 3 N–H and O–H groups in total. The lowest BCUT2D eigenvalue weighted by molar-refractivity contribution is 0.318. The summed E-state index contributed by atoms with van der Waals surface area (Å²) in [6, 6.07) is 9.16. The molecular weight excluding hydrogens is 317 g/mol. The first kappa shape index (κ1) is 15.0. The van der Waals surface area contributed by atoms with E-state index in [1.165, 1.54) is 11.8 Å². The Hall–Kier alpha value is -1.43. The van der Waals surface area contributed by atoms with Gasteiger partial charge in [-0.1, -0.05) is 46.6 Å². The second-order valence-corrected chi connectivity index (χ2v) is 5.59. The van der Waals surface area contributed by atoms with Crippen molar-refractivity contribution in [3.05, 3.63) is 57.7 Å². The van der Waals surface area contributed by atoms with Crippen LogP contribution in [0.25, 0.3) is 0 Å². The van der Waals surface area contributed by atoms with E-state index in [0.717, 1.165) is 5.56 Å². The fourth-order valence-corrected chi connectivity index (χ4v) is 3.11. The number of oxime groups is 1. The van der Waals surface area contributed by atoms with Crippen LogP contribution in [0.2, 0.25) is 10.0 Å². The van der Waals surface area contributed by atoms with Gasteiger partial charge in [0.25, 0.3) is 0 Å². The first-order chi connectivity index (χ1) is 9.63. The number of hydrogen-bond donors (Lipinski definition) is 2. The minimum absolute atomic E-state index is 0.0445. The van der Waals surface area contributed by atoms with Crippen molar-refractivity contribution >= 4 is 40.8 Å². The zero-order valence-corrected chi connectivity index (χ0v) is 12.6. The van der Waals surface area contributed by atoms with E-state index in [0.29, 0.717) is 26.4 Å². The summed E-state index contributed by atoms with van der Waals surface area (Å²) in [6.45, 7) is 0. The highest BCUT2D eigenvalue weighted by atomic mass is 35.5. The number of amidine groups is 1. The van der Waals surface area contributed by atoms with Crippen molar-refractivity contribution in [1.29, 1.82) is 0 Å². The predicted octanol–water partition coefficient (Wildman–Crippen LogP) is 3.78. The zero-order chi connectivity index (χ0) is 14.5. The monoisotopic (exact) mass is 327 g/mol. The van der Waals surface area contributed by atoms with Crippen LogP contribution in [0.5, 0.6) is 0 Å². The molecule has 0 saturated carbocycles. The molecule has 0 radical (unpaired) electrons. The SMILES string of the molecule is N/C(=N/O)c1ccnc(SCc2ccccc2Cl)c1Cl. The van der Waals surface area contributed by atoms with Gasteiger partial charge in [-0.25, -0.2) is 4.98 Å². The summed E-state index contributed by atoms with van der Waals surface area (Å²) in [5.41, 5.74) is 6.99. The van der Waals surface area contributed by atoms with Crippen LogP contribution in [0.3, 0.4) is 0 Å². The van der Waals surface area contributed by atoms with Gasteiger partial charge in [-0.2, -0.15) is 0 Å². The minimum Gasteiger partial charge on any atom is -0.409 e. The number of nitrogens with two attached hydrogens (primary N) is 1. The molecule has 0 aliphatic heterocycles. The molecule has 2 rings (SSSR count). The van der Waals surface area contributed by atoms with E-state index in [1.807, 2.05) is 24.3 Å². The summed E-state index contributed by atoms with van der Waals surface area (Å²) in [5.74, 6) is 0.587. The Morgan fingerprint density at radius 3 is 2.75 bits per heavy atom. The molecule has 4 nitrogen and oxygen atoms in total. The summed E-state index contributed by atoms with van der Waals surface area (Å²) in [6.07, 6.45) is 1.56. The highest BCUT2D eigenvalue weighted by molar-refractivity contribution is 7.98. The molecule has 0 aliphatic carbocycles. The summed E-state index contributed by atoms with van der Waals surface area (Å²) >= 11 is 13.7. The van der Waals surface area contributed by atoms with E-state index in [2.05, 4.69) is 10.1 Å². The molecule has 1 aromatic heterocycles. The molecule has 0 aliphatic rings. The highest BCUT2D eigenvalue weighted by Crippen LogP contribution is 2.31. The lowest BCUT2D eigenvalue weighted by atomic mass is 10.2. The van der Waals surface area contributed by atoms with Crippen molar-refractivity contribution in [3.8, 4) is 0 Å². The lowest BCUT2D eigenvalue weighted by Gasteiger charge is -2.08. The van der Waals surface area contributed by atoms with Crippen molar-refractivity contribution < 1.29 is 5.21 Å². The van der Waals surface area contributed by atoms with E-state index in [4.69, 9.17) is 34.1 Å². The van der Waals surface area contributed by atoms with Gasteiger partial charge in [0.2, 0.25) is 0 Å². The van der Waals surface area contributed by atoms with Gasteiger partial charge in [0.05, 0.1) is 5.02 Å². The van der Waals surface area contributed by atoms with E-state index in [9.17, 15) is 0 Å². The Morgan fingerprint density at radius 1 is 1.30 bits per heavy atom. The van der Waals surface area contributed by atoms with Crippen LogP contribution >= 0.6 is 35.0 Å². The van der Waals surface area contributed by atoms with Gasteiger partial charge in [-0.15, -0.1) is 11.8 Å². The second kappa shape index (κ2) is 6.83. The standard InChI is InChI=1S/C13H11Cl2N3OS/c14-10-4-2-1-3-8(10)7-20-13-11(15)9(5-6-17-13)12(16)18-19/h1-6,19H,7H2,(H2,16,18). The number of hydrogen-bond acceptors (Lipinski definition) is 4. The van der Waals surface area contributed by atoms with Gasteiger partial charge in [-0.3, -0.25) is 0 Å². The molecule has 0 fully saturated rings. The second-order valence-electron chi connectivity index (χ2n) is 3.84. The van der Waals surface area contributed by atoms with E-state index < -0.39 is 0 Å². The van der Waals surface area contributed by atoms with Crippen LogP contribution in [-0.4, -0.2) is 16.0 Å². The number of rotatable bonds is 4. The molecule has 0 saturated heterocycles. The van der Waals surface area contributed by atoms with E-state index in [1.54, 1.807) is 12.3 Å². The molecule has 0 atom stereocenters. The lowest BCUT2D eigenvalue weighted by Crippen LogP contribution is -2.14. The molecule has 1 heterocycles. The van der Waals surface area contributed by atoms with Crippen molar-refractivity contribution in [2.75, 3.05) is 0 Å². The molecule has 0 unspecified atom stereocenters. The van der Waals surface area contributed by atoms with Crippen LogP contribution in [0.4, 0.5) is 0 Å². The zero-order valence-electron chi connectivity index (χ0n) is 10.3. The molecule has 0 bridgehead atoms. The maximum absolute atomic E-state index is 8.71. The molecule has 1 aromatic carbocycles. The van der Waals surface area contributed by atoms with Gasteiger partial charge in [0, 0.05) is 22.5 Å². The number of nitrogens with zero attached hydrogens (tertiary/aromatic N) is 2. The Labute approximate surface area is 130 Å². The van der Waals surface area contributed by atoms with E-state index >= 15 is 0 Å². The molecule has 20 heavy (non-hydrogen) atoms. The van der Waals surface area contributed by atoms with Gasteiger partial charge in [0.15, 0.2) is 5.84 Å². The number of pyridine rings is 1. The van der Waals surface area contributed by atoms with Crippen LogP contribution in [0.15, 0.2) is 46.7 Å². The molecule has 104 valence electrons. The molecule has 7 heteroatoms. The van der Waals surface area contributed by atoms with Crippen LogP contribution in [0.1, 0.15) is 11.1 Å². The van der Waals surface area contributed by atoms with Gasteiger partial charge < -0.3 is 10.9 Å². The highest BCUT2D eigenvalue weighted by Gasteiger charge is 2.12. The number of thioether (sulfide) groups is 1. The largest absolute Gasteiger partial charge is 0.409 e.